The first kappa shape index (κ1) is 12.3. The third-order valence-corrected chi connectivity index (χ3v) is 4.05. The summed E-state index contributed by atoms with van der Waals surface area (Å²) < 4.78 is 0. The Morgan fingerprint density at radius 2 is 1.56 bits per heavy atom. The molecule has 0 radical (unpaired) electrons. The van der Waals surface area contributed by atoms with Gasteiger partial charge in [0.1, 0.15) is 0 Å². The summed E-state index contributed by atoms with van der Waals surface area (Å²) in [5, 5.41) is 0. The molecule has 2 saturated heterocycles. The lowest BCUT2D eigenvalue weighted by atomic mass is 9.98. The largest absolute Gasteiger partial charge is 0.300 e. The Balaban J connectivity index is 1.66. The monoisotopic (exact) mass is 225 g/mol. The van der Waals surface area contributed by atoms with E-state index in [9.17, 15) is 0 Å². The molecule has 0 saturated carbocycles. The Morgan fingerprint density at radius 1 is 0.938 bits per heavy atom. The van der Waals surface area contributed by atoms with E-state index in [1.807, 2.05) is 0 Å². The molecule has 0 unspecified atom stereocenters. The summed E-state index contributed by atoms with van der Waals surface area (Å²) in [6.45, 7) is 16.9. The molecule has 0 bridgehead atoms. The van der Waals surface area contributed by atoms with Crippen LogP contribution < -0.4 is 0 Å². The summed E-state index contributed by atoms with van der Waals surface area (Å²) in [6, 6.07) is 1.44. The van der Waals surface area contributed by atoms with Crippen LogP contribution >= 0.6 is 0 Å². The predicted octanol–water partition coefficient (Wildman–Crippen LogP) is 1.31. The van der Waals surface area contributed by atoms with Crippen LogP contribution in [0.25, 0.3) is 0 Å². The zero-order chi connectivity index (χ0) is 11.7. The summed E-state index contributed by atoms with van der Waals surface area (Å²) in [6.07, 6.45) is 0. The lowest BCUT2D eigenvalue weighted by Gasteiger charge is -2.43. The molecule has 0 N–H and O–H groups in total. The first-order valence-corrected chi connectivity index (χ1v) is 6.76. The van der Waals surface area contributed by atoms with Crippen LogP contribution in [0.5, 0.6) is 0 Å². The van der Waals surface area contributed by atoms with Crippen LogP contribution in [-0.4, -0.2) is 66.2 Å². The molecular formula is C13H27N3. The molecule has 2 fully saturated rings. The summed E-state index contributed by atoms with van der Waals surface area (Å²) >= 11 is 0. The Hall–Kier alpha value is -0.120. The molecule has 0 aromatic heterocycles. The fourth-order valence-corrected chi connectivity index (χ4v) is 2.75. The molecule has 2 rings (SSSR count). The van der Waals surface area contributed by atoms with Gasteiger partial charge >= 0.3 is 0 Å². The van der Waals surface area contributed by atoms with Crippen LogP contribution in [0, 0.1) is 5.92 Å². The minimum atomic E-state index is 0.707. The molecule has 94 valence electrons. The summed E-state index contributed by atoms with van der Waals surface area (Å²) in [7, 11) is 0. The lowest BCUT2D eigenvalue weighted by molar-refractivity contribution is 0.0428. The number of hydrogen-bond acceptors (Lipinski definition) is 3. The van der Waals surface area contributed by atoms with Crippen LogP contribution in [0.1, 0.15) is 27.7 Å². The van der Waals surface area contributed by atoms with Crippen molar-refractivity contribution in [2.24, 2.45) is 5.92 Å². The Morgan fingerprint density at radius 3 is 2.06 bits per heavy atom. The average Bonchev–Trinajstić information content (AvgIpc) is 2.58. The molecule has 2 heterocycles. The van der Waals surface area contributed by atoms with E-state index in [0.29, 0.717) is 6.04 Å². The van der Waals surface area contributed by atoms with Crippen LogP contribution in [0.15, 0.2) is 0 Å². The molecule has 0 amide bonds. The number of likely N-dealkylation sites (tertiary alicyclic amines) is 1. The molecule has 0 aromatic carbocycles. The van der Waals surface area contributed by atoms with Crippen LogP contribution in [0.2, 0.25) is 0 Å². The Kier molecular flexibility index (Phi) is 3.88. The van der Waals surface area contributed by atoms with Gasteiger partial charge in [-0.15, -0.1) is 0 Å². The quantitative estimate of drug-likeness (QED) is 0.714. The van der Waals surface area contributed by atoms with Gasteiger partial charge in [0.2, 0.25) is 0 Å². The molecule has 0 aliphatic carbocycles. The average molecular weight is 225 g/mol. The van der Waals surface area contributed by atoms with Gasteiger partial charge in [-0.25, -0.2) is 0 Å². The van der Waals surface area contributed by atoms with Gasteiger partial charge in [-0.2, -0.15) is 0 Å². The van der Waals surface area contributed by atoms with Gasteiger partial charge < -0.3 is 4.90 Å². The Labute approximate surface area is 100 Å². The van der Waals surface area contributed by atoms with Crippen molar-refractivity contribution in [2.75, 3.05) is 39.4 Å². The van der Waals surface area contributed by atoms with Crippen molar-refractivity contribution < 1.29 is 0 Å². The summed E-state index contributed by atoms with van der Waals surface area (Å²) in [5.74, 6) is 0.925. The smallest absolute Gasteiger partial charge is 0.0509 e. The van der Waals surface area contributed by atoms with Gasteiger partial charge in [-0.05, 0) is 33.6 Å². The molecule has 16 heavy (non-hydrogen) atoms. The third-order valence-electron chi connectivity index (χ3n) is 4.05. The standard InChI is InChI=1S/C13H27N3/c1-11(2)15-6-5-14(10-15)7-13-8-16(9-13)12(3)4/h11-13H,5-10H2,1-4H3. The van der Waals surface area contributed by atoms with Crippen molar-refractivity contribution in [3.8, 4) is 0 Å². The fraction of sp³-hybridized carbons (Fsp3) is 1.00. The van der Waals surface area contributed by atoms with E-state index in [-0.39, 0.29) is 0 Å². The highest BCUT2D eigenvalue weighted by Crippen LogP contribution is 2.21. The lowest BCUT2D eigenvalue weighted by Crippen LogP contribution is -2.53. The molecule has 2 aliphatic heterocycles. The fourth-order valence-electron chi connectivity index (χ4n) is 2.75. The second-order valence-electron chi connectivity index (χ2n) is 6.04. The second-order valence-corrected chi connectivity index (χ2v) is 6.04. The SMILES string of the molecule is CC(C)N1CC(CN2CCN(C(C)C)C2)C1. The minimum Gasteiger partial charge on any atom is -0.300 e. The van der Waals surface area contributed by atoms with E-state index in [2.05, 4.69) is 42.4 Å². The van der Waals surface area contributed by atoms with Crippen LogP contribution in [-0.2, 0) is 0 Å². The zero-order valence-corrected chi connectivity index (χ0v) is 11.3. The van der Waals surface area contributed by atoms with Crippen molar-refractivity contribution >= 4 is 0 Å². The van der Waals surface area contributed by atoms with Crippen molar-refractivity contribution in [1.29, 1.82) is 0 Å². The summed E-state index contributed by atoms with van der Waals surface area (Å²) in [4.78, 5) is 7.77. The number of hydrogen-bond donors (Lipinski definition) is 0. The van der Waals surface area contributed by atoms with E-state index in [1.165, 1.54) is 39.4 Å². The molecule has 0 spiro atoms. The Bertz CT molecular complexity index is 221. The van der Waals surface area contributed by atoms with Gasteiger partial charge in [0.05, 0.1) is 6.67 Å². The first-order valence-electron chi connectivity index (χ1n) is 6.76. The molecule has 3 heteroatoms. The maximum Gasteiger partial charge on any atom is 0.0509 e. The van der Waals surface area contributed by atoms with Crippen molar-refractivity contribution in [3.63, 3.8) is 0 Å². The maximum absolute atomic E-state index is 2.63. The highest BCUT2D eigenvalue weighted by atomic mass is 15.4. The van der Waals surface area contributed by atoms with E-state index in [1.54, 1.807) is 0 Å². The molecule has 0 aromatic rings. The highest BCUT2D eigenvalue weighted by Gasteiger charge is 2.31. The van der Waals surface area contributed by atoms with Crippen molar-refractivity contribution in [3.05, 3.63) is 0 Å². The molecular weight excluding hydrogens is 198 g/mol. The zero-order valence-electron chi connectivity index (χ0n) is 11.3. The normalized spacial score (nSPS) is 25.9. The second kappa shape index (κ2) is 5.03. The van der Waals surface area contributed by atoms with E-state index < -0.39 is 0 Å². The van der Waals surface area contributed by atoms with E-state index in [0.717, 1.165) is 12.0 Å². The molecule has 2 aliphatic rings. The van der Waals surface area contributed by atoms with Gasteiger partial charge in [0.25, 0.3) is 0 Å². The van der Waals surface area contributed by atoms with Gasteiger partial charge in [0, 0.05) is 44.8 Å². The minimum absolute atomic E-state index is 0.707. The van der Waals surface area contributed by atoms with E-state index in [4.69, 9.17) is 0 Å². The van der Waals surface area contributed by atoms with Crippen LogP contribution in [0.4, 0.5) is 0 Å². The van der Waals surface area contributed by atoms with Crippen molar-refractivity contribution in [1.82, 2.24) is 14.7 Å². The maximum atomic E-state index is 2.63. The third kappa shape index (κ3) is 2.76. The molecule has 3 nitrogen and oxygen atoms in total. The number of nitrogens with zero attached hydrogens (tertiary/aromatic N) is 3. The van der Waals surface area contributed by atoms with E-state index >= 15 is 0 Å². The highest BCUT2D eigenvalue weighted by molar-refractivity contribution is 4.86. The van der Waals surface area contributed by atoms with Gasteiger partial charge in [0.15, 0.2) is 0 Å². The summed E-state index contributed by atoms with van der Waals surface area (Å²) in [5.41, 5.74) is 0. The van der Waals surface area contributed by atoms with Crippen LogP contribution in [0.3, 0.4) is 0 Å². The molecule has 0 atom stereocenters. The number of rotatable bonds is 4. The van der Waals surface area contributed by atoms with Crippen molar-refractivity contribution in [2.45, 2.75) is 39.8 Å². The van der Waals surface area contributed by atoms with Gasteiger partial charge in [-0.1, -0.05) is 0 Å². The first-order chi connectivity index (χ1) is 7.56. The predicted molar refractivity (Wildman–Crippen MR) is 68.5 cm³/mol. The topological polar surface area (TPSA) is 9.72 Å². The van der Waals surface area contributed by atoms with Gasteiger partial charge in [-0.3, -0.25) is 9.80 Å².